The third-order valence-electron chi connectivity index (χ3n) is 12.8. The third-order valence-corrected chi connectivity index (χ3v) is 17.6. The molecule has 0 aromatic heterocycles. The molecule has 3 aliphatic heterocycles. The van der Waals surface area contributed by atoms with E-state index in [4.69, 9.17) is 21.1 Å². The molecule has 86 heavy (non-hydrogen) atoms. The number of hydrogen-bond donors (Lipinski definition) is 8. The van der Waals surface area contributed by atoms with Crippen LogP contribution in [0.3, 0.4) is 0 Å². The van der Waals surface area contributed by atoms with Gasteiger partial charge in [-0.15, -0.1) is 13.7 Å². The Bertz CT molecular complexity index is 4650. The van der Waals surface area contributed by atoms with Crippen molar-refractivity contribution in [2.24, 2.45) is 0 Å². The first-order valence-electron chi connectivity index (χ1n) is 23.3. The van der Waals surface area contributed by atoms with E-state index in [1.165, 1.54) is 36.4 Å². The van der Waals surface area contributed by atoms with Gasteiger partial charge in [0.2, 0.25) is 0 Å². The summed E-state index contributed by atoms with van der Waals surface area (Å²) in [5, 5.41) is 29.0. The van der Waals surface area contributed by atoms with Crippen LogP contribution in [0.4, 0.5) is 21.0 Å². The number of hydrogen-bond acceptors (Lipinski definition) is 28. The molecule has 3 saturated heterocycles. The van der Waals surface area contributed by atoms with E-state index in [1.807, 2.05) is 0 Å². The van der Waals surface area contributed by atoms with Crippen molar-refractivity contribution in [2.45, 2.75) is 67.9 Å². The van der Waals surface area contributed by atoms with Crippen LogP contribution in [-0.2, 0) is 102 Å². The standard InChI is InChI=1S/C21H14N2O13S3.C16H11NO9S3.C9H8N2O7/c24-17-5-6-18(25)23(17)34-21(26)22-13-7-15(38(28,29)30)11-3-4-12-16(39(31,32)33)8-14(37-36-35-27)10-2-1-9(13)19(11)20(10)12;17-11-5-13(28(19,20)21)9-3-4-10-14(29(22,23)24)6-12(27-26-25-18)8-2-1-7(11)15(9)16(8)10;12-5-1-2-6(13)10(5)17-9(16)18-11-7(14)3-4-8(11)15/h1-4,7-8,27H,5-6H2,(H,22,26)(H,28,29,30)(H,31,32,33);1-6,18H,17H2,(H,19,20,21)(H,22,23,24);1-4H2. The van der Waals surface area contributed by atoms with Gasteiger partial charge in [0.1, 0.15) is 19.6 Å². The number of carbonyl (C=O) groups is 8. The van der Waals surface area contributed by atoms with Crippen LogP contribution < -0.4 is 11.1 Å². The number of imide groups is 3. The number of amides is 7. The quantitative estimate of drug-likeness (QED) is 0.0127. The van der Waals surface area contributed by atoms with Crippen molar-refractivity contribution in [2.75, 3.05) is 11.1 Å². The number of nitrogens with two attached hydrogens (primary N) is 1. The molecule has 0 bridgehead atoms. The monoisotopic (exact) mass is 1310 g/mol. The molecule has 8 aromatic rings. The lowest BCUT2D eigenvalue weighted by Gasteiger charge is -2.19. The maximum absolute atomic E-state index is 12.6. The number of hydroxylamine groups is 6. The second-order valence-corrected chi connectivity index (χ2v) is 24.9. The minimum absolute atomic E-state index is 0.0100. The normalized spacial score (nSPS) is 15.2. The van der Waals surface area contributed by atoms with Crippen LogP contribution in [0.5, 0.6) is 0 Å². The number of rotatable bonds is 14. The maximum Gasteiger partial charge on any atom is 0.560 e. The molecule has 0 radical (unpaired) electrons. The van der Waals surface area contributed by atoms with E-state index in [2.05, 4.69) is 33.7 Å². The summed E-state index contributed by atoms with van der Waals surface area (Å²) in [7, 11) is -19.2. The largest absolute Gasteiger partial charge is 0.560 e. The average Bonchev–Trinajstić information content (AvgIpc) is 0.935. The van der Waals surface area contributed by atoms with Gasteiger partial charge in [-0.05, 0) is 35.0 Å². The Hall–Kier alpha value is -8.30. The number of carbonyl (C=O) groups excluding carboxylic acids is 8. The molecule has 0 saturated carbocycles. The van der Waals surface area contributed by atoms with E-state index < -0.39 is 108 Å². The Morgan fingerprint density at radius 1 is 0.430 bits per heavy atom. The summed E-state index contributed by atoms with van der Waals surface area (Å²) in [5.41, 5.74) is 5.77. The van der Waals surface area contributed by atoms with E-state index in [-0.39, 0.29) is 129 Å². The minimum Gasteiger partial charge on any atom is -0.398 e. The third kappa shape index (κ3) is 12.1. The van der Waals surface area contributed by atoms with Crippen molar-refractivity contribution in [3.05, 3.63) is 72.8 Å². The Morgan fingerprint density at radius 2 is 0.721 bits per heavy atom. The first kappa shape index (κ1) is 62.2. The van der Waals surface area contributed by atoms with Gasteiger partial charge in [0.15, 0.2) is 0 Å². The van der Waals surface area contributed by atoms with Gasteiger partial charge < -0.3 is 10.6 Å². The van der Waals surface area contributed by atoms with E-state index in [1.54, 1.807) is 12.1 Å². The predicted molar refractivity (Wildman–Crippen MR) is 286 cm³/mol. The lowest BCUT2D eigenvalue weighted by molar-refractivity contribution is -0.432. The summed E-state index contributed by atoms with van der Waals surface area (Å²) < 4.78 is 145. The Labute approximate surface area is 486 Å². The van der Waals surface area contributed by atoms with Gasteiger partial charge in [-0.3, -0.25) is 62.0 Å². The van der Waals surface area contributed by atoms with Crippen molar-refractivity contribution in [3.8, 4) is 0 Å². The molecule has 40 heteroatoms. The molecule has 8 aromatic carbocycles. The molecule has 11 rings (SSSR count). The number of anilines is 2. The van der Waals surface area contributed by atoms with Crippen LogP contribution in [0.1, 0.15) is 38.5 Å². The van der Waals surface area contributed by atoms with Crippen molar-refractivity contribution < 1.29 is 134 Å². The van der Waals surface area contributed by atoms with Crippen molar-refractivity contribution in [1.82, 2.24) is 15.2 Å². The molecule has 3 heterocycles. The van der Waals surface area contributed by atoms with Crippen LogP contribution in [0.25, 0.3) is 64.6 Å². The van der Waals surface area contributed by atoms with Crippen molar-refractivity contribution >= 4 is 188 Å². The number of benzene rings is 8. The molecule has 452 valence electrons. The highest BCUT2D eigenvalue weighted by Gasteiger charge is 2.38. The molecule has 0 aliphatic carbocycles. The second kappa shape index (κ2) is 23.5. The molecule has 0 spiro atoms. The number of nitrogens with one attached hydrogen (secondary N) is 1. The first-order chi connectivity index (χ1) is 40.3. The Kier molecular flexibility index (Phi) is 17.0. The maximum atomic E-state index is 12.6. The highest BCUT2D eigenvalue weighted by molar-refractivity contribution is 7.95. The topological polar surface area (TPSA) is 507 Å². The summed E-state index contributed by atoms with van der Waals surface area (Å²) in [6, 6.07) is 15.3. The van der Waals surface area contributed by atoms with Crippen LogP contribution in [0, 0.1) is 0 Å². The zero-order valence-electron chi connectivity index (χ0n) is 42.1. The predicted octanol–water partition coefficient (Wildman–Crippen LogP) is 5.47. The fraction of sp³-hybridized carbons (Fsp3) is 0.130. The van der Waals surface area contributed by atoms with Gasteiger partial charge in [-0.2, -0.15) is 38.5 Å². The zero-order chi connectivity index (χ0) is 62.7. The van der Waals surface area contributed by atoms with Crippen LogP contribution >= 0.6 is 24.1 Å². The fourth-order valence-electron chi connectivity index (χ4n) is 9.37. The molecule has 0 unspecified atom stereocenters. The summed E-state index contributed by atoms with van der Waals surface area (Å²) in [5.74, 6) is -4.26. The van der Waals surface area contributed by atoms with E-state index >= 15 is 0 Å². The van der Waals surface area contributed by atoms with Gasteiger partial charge in [0, 0.05) is 108 Å². The van der Waals surface area contributed by atoms with Crippen molar-refractivity contribution in [3.63, 3.8) is 0 Å². The van der Waals surface area contributed by atoms with Gasteiger partial charge in [-0.1, -0.05) is 68.7 Å². The Morgan fingerprint density at radius 3 is 1.08 bits per heavy atom. The van der Waals surface area contributed by atoms with Gasteiger partial charge in [0.05, 0.1) is 29.8 Å². The van der Waals surface area contributed by atoms with Gasteiger partial charge in [-0.25, -0.2) is 15.3 Å². The number of nitrogen functional groups attached to an aromatic ring is 1. The number of nitrogens with zero attached hydrogens (tertiary/aromatic N) is 3. The molecule has 3 aliphatic rings. The van der Waals surface area contributed by atoms with Crippen LogP contribution in [0.15, 0.2) is 102 Å². The molecule has 3 fully saturated rings. The fourth-order valence-corrected chi connectivity index (χ4v) is 13.5. The first-order valence-corrected chi connectivity index (χ1v) is 30.6. The Balaban J connectivity index is 0.000000165. The second-order valence-electron chi connectivity index (χ2n) is 17.8. The zero-order valence-corrected chi connectivity index (χ0v) is 47.0. The SMILES string of the molecule is Nc1cc(S(=O)(=O)O)c2ccc3c(S(=O)(=O)O)cc(SOOO)c4ccc1c2c43.O=C(Nc1cc(S(=O)(=O)O)c2ccc3c(S(=O)(=O)O)cc(SOOO)c4ccc1c2c43)ON1C(=O)CCC1=O.O=C(ON1C(=O)CCC1=O)ON1C(=O)CCC1=O. The van der Waals surface area contributed by atoms with Crippen molar-refractivity contribution in [1.29, 1.82) is 0 Å². The molecule has 9 N–H and O–H groups in total. The van der Waals surface area contributed by atoms with Crippen LogP contribution in [-0.4, -0.2) is 125 Å². The lowest BCUT2D eigenvalue weighted by Crippen LogP contribution is -2.37. The smallest absolute Gasteiger partial charge is 0.398 e. The summed E-state index contributed by atoms with van der Waals surface area (Å²) in [6.07, 6.45) is -3.40. The van der Waals surface area contributed by atoms with E-state index in [0.29, 0.717) is 34.9 Å². The van der Waals surface area contributed by atoms with E-state index in [0.717, 1.165) is 24.3 Å². The molecular weight excluding hydrogens is 1280 g/mol. The average molecular weight is 1310 g/mol. The molecular formula is C46H33N5O29S6. The lowest BCUT2D eigenvalue weighted by atomic mass is 9.93. The highest BCUT2D eigenvalue weighted by atomic mass is 32.2. The minimum atomic E-state index is -4.95. The van der Waals surface area contributed by atoms with Gasteiger partial charge >= 0.3 is 12.2 Å². The van der Waals surface area contributed by atoms with E-state index in [9.17, 15) is 90.2 Å². The summed E-state index contributed by atoms with van der Waals surface area (Å²) >= 11 is 0.842. The molecule has 7 amide bonds. The van der Waals surface area contributed by atoms with Gasteiger partial charge in [0.25, 0.3) is 75.9 Å². The summed E-state index contributed by atoms with van der Waals surface area (Å²) in [4.78, 5) is 103. The highest BCUT2D eigenvalue weighted by Crippen LogP contribution is 2.47. The molecule has 34 nitrogen and oxygen atoms in total. The molecule has 0 atom stereocenters. The van der Waals surface area contributed by atoms with Crippen LogP contribution in [0.2, 0.25) is 0 Å². The summed E-state index contributed by atoms with van der Waals surface area (Å²) in [6.45, 7) is 0.